The summed E-state index contributed by atoms with van der Waals surface area (Å²) < 4.78 is 5.28. The molecule has 0 unspecified atom stereocenters. The van der Waals surface area contributed by atoms with E-state index in [1.54, 1.807) is 18.2 Å². The number of anilines is 1. The van der Waals surface area contributed by atoms with Crippen molar-refractivity contribution in [3.8, 4) is 5.75 Å². The number of amidine groups is 1. The number of carbonyl (C=O) groups excluding carboxylic acids is 2. The van der Waals surface area contributed by atoms with Gasteiger partial charge in [-0.05, 0) is 41.8 Å². The Morgan fingerprint density at radius 3 is 2.66 bits per heavy atom. The van der Waals surface area contributed by atoms with E-state index in [1.807, 2.05) is 24.3 Å². The molecule has 2 aromatic rings. The van der Waals surface area contributed by atoms with Crippen LogP contribution < -0.4 is 15.4 Å². The molecule has 0 aromatic heterocycles. The summed E-state index contributed by atoms with van der Waals surface area (Å²) >= 11 is 7.23. The van der Waals surface area contributed by atoms with E-state index in [0.717, 1.165) is 0 Å². The number of thioether (sulfide) groups is 1. The van der Waals surface area contributed by atoms with E-state index >= 15 is 0 Å². The molecule has 0 saturated carbocycles. The molecule has 1 fully saturated rings. The van der Waals surface area contributed by atoms with Gasteiger partial charge >= 0.3 is 0 Å². The number of benzene rings is 2. The van der Waals surface area contributed by atoms with Crippen LogP contribution in [0.3, 0.4) is 0 Å². The minimum atomic E-state index is -0.586. The molecule has 29 heavy (non-hydrogen) atoms. The zero-order chi connectivity index (χ0) is 21.0. The predicted octanol–water partition coefficient (Wildman–Crippen LogP) is 4.72. The molecule has 0 aliphatic carbocycles. The van der Waals surface area contributed by atoms with Crippen molar-refractivity contribution in [3.05, 3.63) is 53.1 Å². The number of hydrogen-bond acceptors (Lipinski definition) is 5. The minimum absolute atomic E-state index is 0.0757. The number of rotatable bonds is 5. The lowest BCUT2D eigenvalue weighted by Gasteiger charge is -2.22. The number of methoxy groups -OCH3 is 1. The average molecular weight is 432 g/mol. The molecular weight excluding hydrogens is 410 g/mol. The summed E-state index contributed by atoms with van der Waals surface area (Å²) in [5.74, 6) is 0.430. The van der Waals surface area contributed by atoms with Crippen LogP contribution in [0.15, 0.2) is 47.5 Å². The number of ether oxygens (including phenoxy) is 1. The van der Waals surface area contributed by atoms with Crippen molar-refractivity contribution in [2.24, 2.45) is 4.99 Å². The molecular formula is C21H22ClN3O3S. The molecule has 152 valence electrons. The molecule has 2 N–H and O–H groups in total. The van der Waals surface area contributed by atoms with Gasteiger partial charge in [0.25, 0.3) is 0 Å². The average Bonchev–Trinajstić information content (AvgIpc) is 2.68. The zero-order valence-electron chi connectivity index (χ0n) is 16.4. The van der Waals surface area contributed by atoms with Crippen LogP contribution in [0.2, 0.25) is 5.02 Å². The first kappa shape index (κ1) is 21.2. The summed E-state index contributed by atoms with van der Waals surface area (Å²) in [4.78, 5) is 29.3. The number of carbonyl (C=O) groups is 2. The smallest absolute Gasteiger partial charge is 0.238 e. The van der Waals surface area contributed by atoms with Gasteiger partial charge in [-0.3, -0.25) is 9.59 Å². The molecule has 1 aliphatic rings. The van der Waals surface area contributed by atoms with Crippen LogP contribution in [0.25, 0.3) is 0 Å². The molecule has 0 radical (unpaired) electrons. The molecule has 2 aromatic carbocycles. The summed E-state index contributed by atoms with van der Waals surface area (Å²) in [6.07, 6.45) is 0.0757. The van der Waals surface area contributed by atoms with E-state index in [4.69, 9.17) is 16.3 Å². The summed E-state index contributed by atoms with van der Waals surface area (Å²) in [7, 11) is 1.53. The Morgan fingerprint density at radius 2 is 2.00 bits per heavy atom. The molecule has 1 atom stereocenters. The lowest BCUT2D eigenvalue weighted by Crippen LogP contribution is -2.41. The molecule has 1 heterocycles. The van der Waals surface area contributed by atoms with Gasteiger partial charge < -0.3 is 15.4 Å². The second kappa shape index (κ2) is 9.33. The Labute approximate surface area is 179 Å². The Bertz CT molecular complexity index is 945. The number of hydrogen-bond donors (Lipinski definition) is 2. The van der Waals surface area contributed by atoms with Crippen LogP contribution in [-0.4, -0.2) is 29.3 Å². The predicted molar refractivity (Wildman–Crippen MR) is 118 cm³/mol. The van der Waals surface area contributed by atoms with Crippen molar-refractivity contribution < 1.29 is 14.3 Å². The molecule has 6 nitrogen and oxygen atoms in total. The van der Waals surface area contributed by atoms with E-state index in [-0.39, 0.29) is 18.2 Å². The van der Waals surface area contributed by atoms with Crippen molar-refractivity contribution in [1.82, 2.24) is 5.32 Å². The molecule has 2 amide bonds. The Hall–Kier alpha value is -2.51. The number of halogens is 1. The van der Waals surface area contributed by atoms with Gasteiger partial charge in [-0.25, -0.2) is 4.99 Å². The first-order valence-electron chi connectivity index (χ1n) is 9.15. The lowest BCUT2D eigenvalue weighted by molar-refractivity contribution is -0.123. The fraction of sp³-hybridized carbons (Fsp3) is 0.286. The highest BCUT2D eigenvalue weighted by Crippen LogP contribution is 2.33. The van der Waals surface area contributed by atoms with Crippen molar-refractivity contribution in [3.63, 3.8) is 0 Å². The number of nitrogens with zero attached hydrogens (tertiary/aromatic N) is 1. The molecule has 0 spiro atoms. The molecule has 1 saturated heterocycles. The lowest BCUT2D eigenvalue weighted by atomic mass is 10.0. The Kier molecular flexibility index (Phi) is 6.82. The highest BCUT2D eigenvalue weighted by atomic mass is 35.5. The molecule has 0 bridgehead atoms. The number of nitrogens with one attached hydrogen (secondary N) is 2. The third kappa shape index (κ3) is 5.52. The monoisotopic (exact) mass is 431 g/mol. The van der Waals surface area contributed by atoms with E-state index < -0.39 is 5.25 Å². The van der Waals surface area contributed by atoms with Crippen LogP contribution in [0.1, 0.15) is 31.7 Å². The second-order valence-corrected chi connectivity index (χ2v) is 8.49. The standard InChI is InChI=1S/C21H22ClN3O3S/c1-12(2)13-4-7-15(8-5-13)23-20(27)18-11-19(26)25-21(29-18)24-16-10-14(22)6-9-17(16)28-3/h4-10,12,18H,11H2,1-3H3,(H,23,27)(H,24,25,26)/t18-/m1/s1. The third-order valence-corrected chi connectivity index (χ3v) is 5.69. The maximum atomic E-state index is 12.7. The second-order valence-electron chi connectivity index (χ2n) is 6.86. The van der Waals surface area contributed by atoms with Gasteiger partial charge in [0.1, 0.15) is 16.7 Å². The molecule has 3 rings (SSSR count). The zero-order valence-corrected chi connectivity index (χ0v) is 17.9. The molecule has 8 heteroatoms. The first-order valence-corrected chi connectivity index (χ1v) is 10.4. The third-order valence-electron chi connectivity index (χ3n) is 4.37. The molecule has 1 aliphatic heterocycles. The Morgan fingerprint density at radius 1 is 1.28 bits per heavy atom. The van der Waals surface area contributed by atoms with Crippen LogP contribution in [-0.2, 0) is 9.59 Å². The van der Waals surface area contributed by atoms with E-state index in [9.17, 15) is 9.59 Å². The van der Waals surface area contributed by atoms with Crippen molar-refractivity contribution in [2.45, 2.75) is 31.4 Å². The maximum absolute atomic E-state index is 12.7. The van der Waals surface area contributed by atoms with Gasteiger partial charge in [0.15, 0.2) is 5.17 Å². The number of aliphatic imine (C=N–C) groups is 1. The van der Waals surface area contributed by atoms with Crippen molar-refractivity contribution in [2.75, 3.05) is 12.4 Å². The number of amides is 2. The van der Waals surface area contributed by atoms with E-state index in [0.29, 0.717) is 33.2 Å². The summed E-state index contributed by atoms with van der Waals surface area (Å²) in [6, 6.07) is 12.7. The normalized spacial score (nSPS) is 17.9. The summed E-state index contributed by atoms with van der Waals surface area (Å²) in [6.45, 7) is 4.22. The first-order chi connectivity index (χ1) is 13.9. The van der Waals surface area contributed by atoms with Crippen LogP contribution in [0, 0.1) is 0 Å². The maximum Gasteiger partial charge on any atom is 0.238 e. The van der Waals surface area contributed by atoms with Crippen molar-refractivity contribution in [1.29, 1.82) is 0 Å². The van der Waals surface area contributed by atoms with Gasteiger partial charge in [-0.2, -0.15) is 0 Å². The fourth-order valence-electron chi connectivity index (χ4n) is 2.78. The highest BCUT2D eigenvalue weighted by Gasteiger charge is 2.30. The van der Waals surface area contributed by atoms with Gasteiger partial charge in [0, 0.05) is 17.1 Å². The summed E-state index contributed by atoms with van der Waals surface area (Å²) in [5.41, 5.74) is 2.37. The van der Waals surface area contributed by atoms with Gasteiger partial charge in [-0.1, -0.05) is 49.3 Å². The van der Waals surface area contributed by atoms with E-state index in [2.05, 4.69) is 29.5 Å². The van der Waals surface area contributed by atoms with Crippen LogP contribution >= 0.6 is 23.4 Å². The van der Waals surface area contributed by atoms with E-state index in [1.165, 1.54) is 24.4 Å². The Balaban J connectivity index is 1.74. The largest absolute Gasteiger partial charge is 0.494 e. The van der Waals surface area contributed by atoms with Crippen molar-refractivity contribution >= 4 is 51.7 Å². The summed E-state index contributed by atoms with van der Waals surface area (Å²) in [5, 5.41) is 5.82. The quantitative estimate of drug-likeness (QED) is 0.717. The SMILES string of the molecule is COc1ccc(Cl)cc1N=C1NC(=O)C[C@H](C(=O)Nc2ccc(C(C)C)cc2)S1. The van der Waals surface area contributed by atoms with Gasteiger partial charge in [0.2, 0.25) is 11.8 Å². The highest BCUT2D eigenvalue weighted by molar-refractivity contribution is 8.15. The van der Waals surface area contributed by atoms with Gasteiger partial charge in [-0.15, -0.1) is 0 Å². The minimum Gasteiger partial charge on any atom is -0.494 e. The van der Waals surface area contributed by atoms with Crippen LogP contribution in [0.5, 0.6) is 5.75 Å². The topological polar surface area (TPSA) is 79.8 Å². The van der Waals surface area contributed by atoms with Crippen LogP contribution in [0.4, 0.5) is 11.4 Å². The van der Waals surface area contributed by atoms with Gasteiger partial charge in [0.05, 0.1) is 7.11 Å². The fourth-order valence-corrected chi connectivity index (χ4v) is 3.94.